The molecule has 4 nitrogen and oxygen atoms in total. The molecule has 0 fully saturated rings. The number of halogens is 2. The fourth-order valence-electron chi connectivity index (χ4n) is 4.51. The number of allylic oxidation sites excluding steroid dienone is 2. The normalized spacial score (nSPS) is 17.4. The van der Waals surface area contributed by atoms with Gasteiger partial charge in [-0.1, -0.05) is 66.2 Å². The summed E-state index contributed by atoms with van der Waals surface area (Å²) >= 11 is 6.39. The molecular formula is C27H21ClFNO3S. The Morgan fingerprint density at radius 1 is 1.03 bits per heavy atom. The number of thiol groups is 1. The average Bonchev–Trinajstić information content (AvgIpc) is 3.38. The summed E-state index contributed by atoms with van der Waals surface area (Å²) in [6.07, 6.45) is 1.84. The van der Waals surface area contributed by atoms with Crippen molar-refractivity contribution in [3.8, 4) is 11.1 Å². The van der Waals surface area contributed by atoms with Crippen LogP contribution < -0.4 is 5.32 Å². The Hall–Kier alpha value is -3.35. The fraction of sp³-hybridized carbons (Fsp3) is 0.111. The number of benzene rings is 3. The molecular weight excluding hydrogens is 473 g/mol. The highest BCUT2D eigenvalue weighted by Gasteiger charge is 2.29. The number of hydrogen-bond donors (Lipinski definition) is 2. The predicted octanol–water partition coefficient (Wildman–Crippen LogP) is 6.57. The first-order valence-electron chi connectivity index (χ1n) is 10.8. The molecule has 3 aromatic rings. The minimum absolute atomic E-state index is 0.0190. The van der Waals surface area contributed by atoms with Crippen LogP contribution in [0.2, 0.25) is 0 Å². The Morgan fingerprint density at radius 2 is 1.71 bits per heavy atom. The van der Waals surface area contributed by atoms with Crippen LogP contribution in [-0.2, 0) is 4.74 Å². The fourth-order valence-corrected chi connectivity index (χ4v) is 6.99. The Kier molecular flexibility index (Phi) is 6.26. The number of carbonyl (C=O) groups is 2. The molecule has 1 aliphatic heterocycles. The molecule has 1 N–H and O–H groups in total. The molecule has 172 valence electrons. The van der Waals surface area contributed by atoms with Gasteiger partial charge in [-0.3, -0.25) is 4.79 Å². The van der Waals surface area contributed by atoms with Crippen molar-refractivity contribution < 1.29 is 18.7 Å². The zero-order chi connectivity index (χ0) is 23.7. The number of hydrogen-bond acceptors (Lipinski definition) is 3. The number of fused-ring (bicyclic) bond motifs is 3. The van der Waals surface area contributed by atoms with Crippen molar-refractivity contribution in [1.29, 1.82) is 0 Å². The van der Waals surface area contributed by atoms with E-state index in [-0.39, 0.29) is 18.1 Å². The second-order valence-electron chi connectivity index (χ2n) is 7.99. The minimum atomic E-state index is -1.02. The molecule has 0 bridgehead atoms. The quantitative estimate of drug-likeness (QED) is 0.301. The highest BCUT2D eigenvalue weighted by molar-refractivity contribution is 8.27. The van der Waals surface area contributed by atoms with Gasteiger partial charge in [0.2, 0.25) is 0 Å². The largest absolute Gasteiger partial charge is 0.449 e. The first-order valence-corrected chi connectivity index (χ1v) is 12.7. The molecule has 1 unspecified atom stereocenters. The molecule has 34 heavy (non-hydrogen) atoms. The monoisotopic (exact) mass is 493 g/mol. The predicted molar refractivity (Wildman–Crippen MR) is 136 cm³/mol. The third-order valence-corrected chi connectivity index (χ3v) is 8.56. The lowest BCUT2D eigenvalue weighted by atomic mass is 9.98. The number of amides is 1. The van der Waals surface area contributed by atoms with E-state index >= 15 is 0 Å². The molecule has 2 aliphatic rings. The van der Waals surface area contributed by atoms with Crippen LogP contribution in [0.5, 0.6) is 0 Å². The van der Waals surface area contributed by atoms with Crippen molar-refractivity contribution >= 4 is 39.8 Å². The first-order chi connectivity index (χ1) is 16.6. The van der Waals surface area contributed by atoms with Gasteiger partial charge in [0, 0.05) is 16.4 Å². The summed E-state index contributed by atoms with van der Waals surface area (Å²) in [7, 11) is -1.02. The van der Waals surface area contributed by atoms with Crippen LogP contribution in [0.4, 0.5) is 9.18 Å². The number of aldehydes is 1. The third kappa shape index (κ3) is 4.15. The highest BCUT2D eigenvalue weighted by Crippen LogP contribution is 2.51. The van der Waals surface area contributed by atoms with Crippen LogP contribution in [0.15, 0.2) is 83.2 Å². The lowest BCUT2D eigenvalue weighted by Gasteiger charge is -2.21. The van der Waals surface area contributed by atoms with Crippen molar-refractivity contribution in [2.75, 3.05) is 12.5 Å². The van der Waals surface area contributed by atoms with Gasteiger partial charge in [-0.2, -0.15) is 10.9 Å². The second-order valence-corrected chi connectivity index (χ2v) is 10.4. The van der Waals surface area contributed by atoms with Crippen molar-refractivity contribution in [2.45, 2.75) is 5.92 Å². The van der Waals surface area contributed by atoms with Crippen LogP contribution >= 0.6 is 22.5 Å². The van der Waals surface area contributed by atoms with Gasteiger partial charge in [-0.15, -0.1) is 0 Å². The standard InChI is InChI=1S/C27H21ClFNO3S/c28-25-11-12-34(26(25)19-10-9-18(29)13-17(19)14-31)16-30-27(32)33-15-24-22-7-3-1-5-20(22)21-6-2-4-8-23(21)24/h1-14,24,34H,15-16H2,(H,30,32). The molecule has 0 radical (unpaired) electrons. The number of alkyl carbamates (subject to hydrolysis) is 1. The van der Waals surface area contributed by atoms with E-state index in [4.69, 9.17) is 16.3 Å². The Morgan fingerprint density at radius 3 is 2.38 bits per heavy atom. The van der Waals surface area contributed by atoms with E-state index in [2.05, 4.69) is 29.6 Å². The lowest BCUT2D eigenvalue weighted by Crippen LogP contribution is -2.26. The molecule has 0 saturated carbocycles. The van der Waals surface area contributed by atoms with Crippen molar-refractivity contribution in [2.24, 2.45) is 0 Å². The summed E-state index contributed by atoms with van der Waals surface area (Å²) in [6.45, 7) is 0.227. The first kappa shape index (κ1) is 22.4. The van der Waals surface area contributed by atoms with Crippen molar-refractivity contribution in [3.63, 3.8) is 0 Å². The van der Waals surface area contributed by atoms with Gasteiger partial charge >= 0.3 is 6.09 Å². The van der Waals surface area contributed by atoms with Gasteiger partial charge in [0.1, 0.15) is 12.4 Å². The summed E-state index contributed by atoms with van der Waals surface area (Å²) in [5, 5.41) is 5.22. The molecule has 5 rings (SSSR count). The summed E-state index contributed by atoms with van der Waals surface area (Å²) in [5.74, 6) is -0.215. The summed E-state index contributed by atoms with van der Waals surface area (Å²) in [4.78, 5) is 24.8. The molecule has 1 aliphatic carbocycles. The van der Waals surface area contributed by atoms with Crippen molar-refractivity contribution in [1.82, 2.24) is 5.32 Å². The van der Waals surface area contributed by atoms with E-state index in [0.29, 0.717) is 22.8 Å². The van der Waals surface area contributed by atoms with Crippen molar-refractivity contribution in [3.05, 3.63) is 111 Å². The van der Waals surface area contributed by atoms with Gasteiger partial charge in [0.15, 0.2) is 6.29 Å². The molecule has 1 atom stereocenters. The molecule has 0 spiro atoms. The number of ether oxygens (including phenoxy) is 1. The lowest BCUT2D eigenvalue weighted by molar-refractivity contribution is 0.112. The molecule has 1 heterocycles. The van der Waals surface area contributed by atoms with Gasteiger partial charge in [0.25, 0.3) is 0 Å². The average molecular weight is 494 g/mol. The molecule has 0 aromatic heterocycles. The molecule has 3 aromatic carbocycles. The maximum Gasteiger partial charge on any atom is 0.407 e. The van der Waals surface area contributed by atoms with Crippen LogP contribution in [0.1, 0.15) is 33.0 Å². The number of carbonyl (C=O) groups excluding carboxylic acids is 2. The van der Waals surface area contributed by atoms with E-state index in [1.807, 2.05) is 29.7 Å². The Labute approximate surface area is 204 Å². The number of nitrogens with one attached hydrogen (secondary N) is 1. The SMILES string of the molecule is O=Cc1cc(F)ccc1C1=C(Cl)C=C[SH]1CNC(=O)OCC1c2ccccc2-c2ccccc21. The van der Waals surface area contributed by atoms with Gasteiger partial charge in [-0.05, 0) is 51.4 Å². The molecule has 1 amide bonds. The van der Waals surface area contributed by atoms with Crippen LogP contribution in [-0.4, -0.2) is 24.9 Å². The van der Waals surface area contributed by atoms with E-state index in [1.165, 1.54) is 23.3 Å². The maximum atomic E-state index is 13.6. The van der Waals surface area contributed by atoms with Crippen LogP contribution in [0, 0.1) is 5.82 Å². The van der Waals surface area contributed by atoms with Crippen LogP contribution in [0.25, 0.3) is 16.0 Å². The van der Waals surface area contributed by atoms with Gasteiger partial charge in [-0.25, -0.2) is 9.18 Å². The second kappa shape index (κ2) is 9.49. The van der Waals surface area contributed by atoms with E-state index < -0.39 is 22.8 Å². The third-order valence-electron chi connectivity index (χ3n) is 6.05. The van der Waals surface area contributed by atoms with E-state index in [1.54, 1.807) is 12.1 Å². The summed E-state index contributed by atoms with van der Waals surface area (Å²) < 4.78 is 19.2. The van der Waals surface area contributed by atoms with Gasteiger partial charge < -0.3 is 10.1 Å². The molecule has 0 saturated heterocycles. The Bertz CT molecular complexity index is 1310. The van der Waals surface area contributed by atoms with E-state index in [9.17, 15) is 14.0 Å². The van der Waals surface area contributed by atoms with Gasteiger partial charge in [0.05, 0.1) is 10.9 Å². The minimum Gasteiger partial charge on any atom is -0.449 e. The highest BCUT2D eigenvalue weighted by atomic mass is 35.5. The Balaban J connectivity index is 1.25. The maximum absolute atomic E-state index is 13.6. The molecule has 7 heteroatoms. The summed E-state index contributed by atoms with van der Waals surface area (Å²) in [5.41, 5.74) is 5.43. The smallest absolute Gasteiger partial charge is 0.407 e. The zero-order valence-electron chi connectivity index (χ0n) is 18.0. The topological polar surface area (TPSA) is 55.4 Å². The number of rotatable bonds is 6. The zero-order valence-corrected chi connectivity index (χ0v) is 19.7. The summed E-state index contributed by atoms with van der Waals surface area (Å²) in [6, 6.07) is 20.3. The van der Waals surface area contributed by atoms with Crippen LogP contribution in [0.3, 0.4) is 0 Å². The van der Waals surface area contributed by atoms with E-state index in [0.717, 1.165) is 16.0 Å².